The number of piperidine rings is 1. The first-order chi connectivity index (χ1) is 9.34. The molecule has 1 heterocycles. The van der Waals surface area contributed by atoms with Crippen LogP contribution in [0.1, 0.15) is 29.4 Å². The Balaban J connectivity index is 0.00000147. The minimum absolute atomic E-state index is 0. The average molecular weight is 308 g/mol. The summed E-state index contributed by atoms with van der Waals surface area (Å²) in [6.45, 7) is 2.14. The van der Waals surface area contributed by atoms with E-state index >= 15 is 0 Å². The minimum Gasteiger partial charge on any atom is -0.316 e. The molecule has 1 N–H and O–H groups in total. The van der Waals surface area contributed by atoms with Crippen LogP contribution in [0.25, 0.3) is 0 Å². The quantitative estimate of drug-likeness (QED) is 0.853. The van der Waals surface area contributed by atoms with Gasteiger partial charge in [0.1, 0.15) is 0 Å². The van der Waals surface area contributed by atoms with Crippen LogP contribution in [0.2, 0.25) is 5.02 Å². The van der Waals surface area contributed by atoms with Gasteiger partial charge in [-0.15, -0.1) is 12.4 Å². The topological polar surface area (TPSA) is 12.0 Å². The Morgan fingerprint density at radius 3 is 2.20 bits per heavy atom. The van der Waals surface area contributed by atoms with E-state index in [1.807, 2.05) is 12.1 Å². The lowest BCUT2D eigenvalue weighted by molar-refractivity contribution is 0.404. The molecule has 2 atom stereocenters. The Hall–Kier alpha value is -1.02. The summed E-state index contributed by atoms with van der Waals surface area (Å²) in [7, 11) is 0. The molecule has 0 unspecified atom stereocenters. The van der Waals surface area contributed by atoms with E-state index in [4.69, 9.17) is 11.6 Å². The molecule has 0 spiro atoms. The largest absolute Gasteiger partial charge is 0.316 e. The number of nitrogens with one attached hydrogen (secondary N) is 1. The molecule has 0 aliphatic carbocycles. The van der Waals surface area contributed by atoms with Crippen LogP contribution in [-0.4, -0.2) is 13.1 Å². The highest BCUT2D eigenvalue weighted by molar-refractivity contribution is 6.30. The zero-order chi connectivity index (χ0) is 13.1. The van der Waals surface area contributed by atoms with E-state index in [9.17, 15) is 0 Å². The van der Waals surface area contributed by atoms with Gasteiger partial charge < -0.3 is 5.32 Å². The molecule has 2 aromatic rings. The summed E-state index contributed by atoms with van der Waals surface area (Å²) in [5.74, 6) is 1.14. The van der Waals surface area contributed by atoms with Crippen molar-refractivity contribution in [2.75, 3.05) is 13.1 Å². The highest BCUT2D eigenvalue weighted by Gasteiger charge is 2.27. The minimum atomic E-state index is 0. The van der Waals surface area contributed by atoms with Crippen molar-refractivity contribution in [2.45, 2.75) is 18.3 Å². The molecule has 0 aromatic heterocycles. The van der Waals surface area contributed by atoms with Crippen LogP contribution in [0, 0.1) is 0 Å². The van der Waals surface area contributed by atoms with Crippen molar-refractivity contribution >= 4 is 24.0 Å². The molecule has 1 aliphatic rings. The fourth-order valence-corrected chi connectivity index (χ4v) is 3.14. The first-order valence-corrected chi connectivity index (χ1v) is 7.23. The van der Waals surface area contributed by atoms with Crippen molar-refractivity contribution in [3.8, 4) is 0 Å². The number of hydrogen-bond acceptors (Lipinski definition) is 1. The second kappa shape index (κ2) is 7.12. The Morgan fingerprint density at radius 1 is 0.850 bits per heavy atom. The third kappa shape index (κ3) is 3.35. The van der Waals surface area contributed by atoms with Crippen LogP contribution < -0.4 is 5.32 Å². The van der Waals surface area contributed by atoms with Gasteiger partial charge >= 0.3 is 0 Å². The lowest BCUT2D eigenvalue weighted by atomic mass is 9.77. The molecule has 0 radical (unpaired) electrons. The van der Waals surface area contributed by atoms with E-state index in [0.717, 1.165) is 18.1 Å². The van der Waals surface area contributed by atoms with E-state index in [1.54, 1.807) is 0 Å². The van der Waals surface area contributed by atoms with E-state index < -0.39 is 0 Å². The molecule has 0 saturated carbocycles. The van der Waals surface area contributed by atoms with Gasteiger partial charge in [0.05, 0.1) is 0 Å². The standard InChI is InChI=1S/C17H18ClN.ClH/c18-15-8-6-14(7-9-15)17-12-19-11-10-16(17)13-4-2-1-3-5-13;/h1-9,16-17,19H,10-12H2;1H/t16-,17+;/m1./s1. The van der Waals surface area contributed by atoms with Gasteiger partial charge in [-0.2, -0.15) is 0 Å². The molecule has 0 bridgehead atoms. The molecule has 1 saturated heterocycles. The summed E-state index contributed by atoms with van der Waals surface area (Å²) >= 11 is 5.99. The van der Waals surface area contributed by atoms with E-state index in [-0.39, 0.29) is 12.4 Å². The molecule has 0 amide bonds. The van der Waals surface area contributed by atoms with Gasteiger partial charge in [0.15, 0.2) is 0 Å². The predicted octanol–water partition coefficient (Wildman–Crippen LogP) is 4.62. The van der Waals surface area contributed by atoms with Crippen LogP contribution in [0.15, 0.2) is 54.6 Å². The SMILES string of the molecule is Cl.Clc1ccc([C@@H]2CNCC[C@@H]2c2ccccc2)cc1. The van der Waals surface area contributed by atoms with Gasteiger partial charge in [0.25, 0.3) is 0 Å². The Morgan fingerprint density at radius 2 is 1.50 bits per heavy atom. The zero-order valence-corrected chi connectivity index (χ0v) is 12.8. The van der Waals surface area contributed by atoms with Crippen molar-refractivity contribution in [1.29, 1.82) is 0 Å². The van der Waals surface area contributed by atoms with E-state index in [2.05, 4.69) is 47.8 Å². The Bertz CT molecular complexity index is 524. The van der Waals surface area contributed by atoms with Crippen LogP contribution in [-0.2, 0) is 0 Å². The molecule has 106 valence electrons. The molecular formula is C17H19Cl2N. The number of rotatable bonds is 2. The Labute approximate surface area is 131 Å². The molecule has 3 rings (SSSR count). The summed E-state index contributed by atoms with van der Waals surface area (Å²) in [6.07, 6.45) is 1.19. The van der Waals surface area contributed by atoms with Gasteiger partial charge in [-0.1, -0.05) is 54.1 Å². The van der Waals surface area contributed by atoms with Gasteiger partial charge in [0, 0.05) is 17.5 Å². The van der Waals surface area contributed by atoms with Gasteiger partial charge in [-0.25, -0.2) is 0 Å². The summed E-state index contributed by atoms with van der Waals surface area (Å²) in [6, 6.07) is 19.2. The second-order valence-electron chi connectivity index (χ2n) is 5.17. The van der Waals surface area contributed by atoms with Crippen LogP contribution in [0.3, 0.4) is 0 Å². The van der Waals surface area contributed by atoms with Crippen molar-refractivity contribution in [3.63, 3.8) is 0 Å². The third-order valence-corrected chi connectivity index (χ3v) is 4.26. The lowest BCUT2D eigenvalue weighted by Crippen LogP contribution is -2.33. The highest BCUT2D eigenvalue weighted by Crippen LogP contribution is 2.37. The maximum absolute atomic E-state index is 5.99. The number of benzene rings is 2. The monoisotopic (exact) mass is 307 g/mol. The summed E-state index contributed by atoms with van der Waals surface area (Å²) in [4.78, 5) is 0. The predicted molar refractivity (Wildman–Crippen MR) is 88.1 cm³/mol. The van der Waals surface area contributed by atoms with Crippen molar-refractivity contribution in [3.05, 3.63) is 70.7 Å². The number of halogens is 2. The fourth-order valence-electron chi connectivity index (χ4n) is 3.02. The van der Waals surface area contributed by atoms with E-state index in [1.165, 1.54) is 17.5 Å². The lowest BCUT2D eigenvalue weighted by Gasteiger charge is -2.33. The fraction of sp³-hybridized carbons (Fsp3) is 0.294. The maximum atomic E-state index is 5.99. The molecule has 3 heteroatoms. The highest BCUT2D eigenvalue weighted by atomic mass is 35.5. The van der Waals surface area contributed by atoms with Gasteiger partial charge in [-0.05, 0) is 42.1 Å². The van der Waals surface area contributed by atoms with E-state index in [0.29, 0.717) is 11.8 Å². The summed E-state index contributed by atoms with van der Waals surface area (Å²) in [5, 5.41) is 4.32. The number of hydrogen-bond donors (Lipinski definition) is 1. The van der Waals surface area contributed by atoms with Gasteiger partial charge in [0.2, 0.25) is 0 Å². The smallest absolute Gasteiger partial charge is 0.0406 e. The van der Waals surface area contributed by atoms with Crippen molar-refractivity contribution in [2.24, 2.45) is 0 Å². The first-order valence-electron chi connectivity index (χ1n) is 6.86. The molecule has 2 aromatic carbocycles. The molecule has 1 aliphatic heterocycles. The van der Waals surface area contributed by atoms with Crippen molar-refractivity contribution in [1.82, 2.24) is 5.32 Å². The van der Waals surface area contributed by atoms with Crippen LogP contribution in [0.5, 0.6) is 0 Å². The average Bonchev–Trinajstić information content (AvgIpc) is 2.49. The summed E-state index contributed by atoms with van der Waals surface area (Å²) < 4.78 is 0. The van der Waals surface area contributed by atoms with Crippen LogP contribution in [0.4, 0.5) is 0 Å². The first kappa shape index (κ1) is 15.4. The second-order valence-corrected chi connectivity index (χ2v) is 5.60. The Kier molecular flexibility index (Phi) is 5.47. The molecular weight excluding hydrogens is 289 g/mol. The van der Waals surface area contributed by atoms with Gasteiger partial charge in [-0.3, -0.25) is 0 Å². The molecule has 1 nitrogen and oxygen atoms in total. The maximum Gasteiger partial charge on any atom is 0.0406 e. The van der Waals surface area contributed by atoms with Crippen LogP contribution >= 0.6 is 24.0 Å². The molecule has 20 heavy (non-hydrogen) atoms. The zero-order valence-electron chi connectivity index (χ0n) is 11.3. The van der Waals surface area contributed by atoms with Crippen molar-refractivity contribution < 1.29 is 0 Å². The third-order valence-electron chi connectivity index (χ3n) is 4.01. The molecule has 1 fully saturated rings. The normalized spacial score (nSPS) is 22.1. The summed E-state index contributed by atoms with van der Waals surface area (Å²) in [5.41, 5.74) is 2.83.